The maximum absolute atomic E-state index is 12.9. The highest BCUT2D eigenvalue weighted by molar-refractivity contribution is 6.02. The lowest BCUT2D eigenvalue weighted by molar-refractivity contribution is 0.0667. The molecule has 2 atom stereocenters. The molecule has 0 aliphatic carbocycles. The Labute approximate surface area is 226 Å². The van der Waals surface area contributed by atoms with Crippen LogP contribution in [-0.4, -0.2) is 50.0 Å². The normalized spacial score (nSPS) is 16.2. The summed E-state index contributed by atoms with van der Waals surface area (Å²) in [7, 11) is 0. The fourth-order valence-electron chi connectivity index (χ4n) is 5.24. The molecule has 39 heavy (non-hydrogen) atoms. The molecular weight excluding hydrogens is 492 g/mol. The first-order valence-electron chi connectivity index (χ1n) is 12.9. The van der Waals surface area contributed by atoms with Crippen LogP contribution in [0.5, 0.6) is 0 Å². The van der Waals surface area contributed by atoms with E-state index < -0.39 is 6.23 Å². The second kappa shape index (κ2) is 10.8. The Morgan fingerprint density at radius 3 is 2.77 bits per heavy atom. The number of likely N-dealkylation sites (tertiary alicyclic amines) is 1. The Bertz CT molecular complexity index is 1660. The van der Waals surface area contributed by atoms with Gasteiger partial charge in [0.25, 0.3) is 11.5 Å². The Morgan fingerprint density at radius 1 is 1.26 bits per heavy atom. The number of aromatic nitrogens is 3. The average Bonchev–Trinajstić information content (AvgIpc) is 3.58. The molecule has 9 nitrogen and oxygen atoms in total. The van der Waals surface area contributed by atoms with Crippen LogP contribution in [0.2, 0.25) is 0 Å². The molecule has 9 heteroatoms. The highest BCUT2D eigenvalue weighted by Crippen LogP contribution is 2.36. The van der Waals surface area contributed by atoms with Crippen molar-refractivity contribution in [1.29, 1.82) is 0 Å². The second-order valence-electron chi connectivity index (χ2n) is 10.0. The molecule has 1 aliphatic rings. The van der Waals surface area contributed by atoms with Crippen molar-refractivity contribution in [3.63, 3.8) is 0 Å². The van der Waals surface area contributed by atoms with Gasteiger partial charge in [-0.2, -0.15) is 5.10 Å². The number of benzene rings is 2. The highest BCUT2D eigenvalue weighted by atomic mass is 16.3. The van der Waals surface area contributed by atoms with Crippen molar-refractivity contribution >= 4 is 22.6 Å². The van der Waals surface area contributed by atoms with Gasteiger partial charge >= 0.3 is 0 Å². The van der Waals surface area contributed by atoms with E-state index in [-0.39, 0.29) is 23.3 Å². The maximum atomic E-state index is 12.9. The van der Waals surface area contributed by atoms with Gasteiger partial charge in [0.2, 0.25) is 0 Å². The summed E-state index contributed by atoms with van der Waals surface area (Å²) in [6.07, 6.45) is 1.86. The van der Waals surface area contributed by atoms with E-state index in [9.17, 15) is 14.7 Å². The molecule has 5 rings (SSSR count). The van der Waals surface area contributed by atoms with E-state index in [0.29, 0.717) is 36.1 Å². The lowest BCUT2D eigenvalue weighted by atomic mass is 10.0. The summed E-state index contributed by atoms with van der Waals surface area (Å²) in [6.45, 7) is 7.20. The number of aromatic amines is 1. The van der Waals surface area contributed by atoms with E-state index >= 15 is 0 Å². The van der Waals surface area contributed by atoms with Crippen molar-refractivity contribution in [3.05, 3.63) is 81.3 Å². The summed E-state index contributed by atoms with van der Waals surface area (Å²) >= 11 is 0. The first-order valence-corrected chi connectivity index (χ1v) is 12.9. The largest absolute Gasteiger partial charge is 0.382 e. The SMILES string of the molecule is CC#CC(O)N1CC[C@@H](n2cc(-c3ccc(CNC(=O)c4cc(C)ccc4C)cc3)c3c(N)n[nH]c(=O)c32)C1. The van der Waals surface area contributed by atoms with Crippen LogP contribution in [0.4, 0.5) is 5.82 Å². The standard InChI is InChI=1S/C30H32N6O3/c1-4-5-25(37)35-13-12-22(16-35)36-17-24(26-27(36)30(39)34-33-28(26)31)21-10-8-20(9-11-21)15-32-29(38)23-14-18(2)6-7-19(23)3/h6-11,14,17,22,25,37H,12-13,15-16H2,1-3H3,(H2,31,33)(H,32,38)(H,34,39)/t22-,25?/m1/s1. The number of rotatable bonds is 6. The van der Waals surface area contributed by atoms with Crippen LogP contribution in [0.3, 0.4) is 0 Å². The summed E-state index contributed by atoms with van der Waals surface area (Å²) in [5.74, 6) is 5.67. The lowest BCUT2D eigenvalue weighted by Gasteiger charge is -2.19. The number of H-pyrrole nitrogens is 1. The average molecular weight is 525 g/mol. The van der Waals surface area contributed by atoms with Crippen LogP contribution in [0.1, 0.15) is 46.4 Å². The van der Waals surface area contributed by atoms with Crippen LogP contribution in [0, 0.1) is 25.7 Å². The Morgan fingerprint density at radius 2 is 2.03 bits per heavy atom. The molecular formula is C30H32N6O3. The van der Waals surface area contributed by atoms with E-state index in [1.165, 1.54) is 0 Å². The molecule has 0 spiro atoms. The third-order valence-corrected chi connectivity index (χ3v) is 7.34. The molecule has 1 saturated heterocycles. The van der Waals surface area contributed by atoms with Gasteiger partial charge in [0.05, 0.1) is 5.39 Å². The molecule has 0 radical (unpaired) electrons. The quantitative estimate of drug-likeness (QED) is 0.287. The Kier molecular flexibility index (Phi) is 7.24. The van der Waals surface area contributed by atoms with Crippen LogP contribution < -0.4 is 16.6 Å². The molecule has 2 aromatic heterocycles. The number of nitrogens with two attached hydrogens (primary N) is 1. The van der Waals surface area contributed by atoms with E-state index in [0.717, 1.165) is 34.2 Å². The Hall–Kier alpha value is -4.39. The van der Waals surface area contributed by atoms with Crippen molar-refractivity contribution in [2.75, 3.05) is 18.8 Å². The molecule has 1 unspecified atom stereocenters. The van der Waals surface area contributed by atoms with Gasteiger partial charge in [-0.1, -0.05) is 47.9 Å². The zero-order valence-corrected chi connectivity index (χ0v) is 22.3. The van der Waals surface area contributed by atoms with Crippen LogP contribution >= 0.6 is 0 Å². The predicted molar refractivity (Wildman–Crippen MR) is 152 cm³/mol. The summed E-state index contributed by atoms with van der Waals surface area (Å²) in [6, 6.07) is 13.6. The summed E-state index contributed by atoms with van der Waals surface area (Å²) in [5, 5.41) is 20.4. The fraction of sp³-hybridized carbons (Fsp3) is 0.300. The van der Waals surface area contributed by atoms with Crippen molar-refractivity contribution in [2.24, 2.45) is 0 Å². The molecule has 0 saturated carbocycles. The third kappa shape index (κ3) is 5.17. The van der Waals surface area contributed by atoms with Crippen LogP contribution in [0.25, 0.3) is 22.0 Å². The number of aliphatic hydroxyl groups is 1. The number of amides is 1. The number of aryl methyl sites for hydroxylation is 2. The Balaban J connectivity index is 1.41. The van der Waals surface area contributed by atoms with Crippen molar-refractivity contribution in [2.45, 2.75) is 46.0 Å². The number of hydrogen-bond donors (Lipinski definition) is 4. The van der Waals surface area contributed by atoms with Gasteiger partial charge in [0.1, 0.15) is 5.52 Å². The number of carbonyl (C=O) groups excluding carboxylic acids is 1. The number of aliphatic hydroxyl groups excluding tert-OH is 1. The topological polar surface area (TPSA) is 129 Å². The zero-order chi connectivity index (χ0) is 27.7. The van der Waals surface area contributed by atoms with E-state index in [1.807, 2.05) is 72.0 Å². The smallest absolute Gasteiger partial charge is 0.288 e. The molecule has 2 aromatic carbocycles. The molecule has 4 aromatic rings. The minimum atomic E-state index is -0.839. The minimum absolute atomic E-state index is 0.0305. The molecule has 3 heterocycles. The minimum Gasteiger partial charge on any atom is -0.382 e. The first-order chi connectivity index (χ1) is 18.8. The molecule has 0 bridgehead atoms. The van der Waals surface area contributed by atoms with Gasteiger partial charge in [-0.3, -0.25) is 14.5 Å². The number of nitrogen functional groups attached to an aromatic ring is 1. The van der Waals surface area contributed by atoms with Gasteiger partial charge in [-0.15, -0.1) is 5.92 Å². The van der Waals surface area contributed by atoms with Gasteiger partial charge in [-0.25, -0.2) is 5.10 Å². The van der Waals surface area contributed by atoms with Crippen molar-refractivity contribution in [1.82, 2.24) is 25.0 Å². The zero-order valence-electron chi connectivity index (χ0n) is 22.3. The number of hydrogen-bond acceptors (Lipinski definition) is 6. The third-order valence-electron chi connectivity index (χ3n) is 7.34. The van der Waals surface area contributed by atoms with Crippen molar-refractivity contribution in [3.8, 4) is 23.0 Å². The number of nitrogens with zero attached hydrogens (tertiary/aromatic N) is 3. The predicted octanol–water partition coefficient (Wildman–Crippen LogP) is 3.11. The summed E-state index contributed by atoms with van der Waals surface area (Å²) < 4.78 is 1.95. The number of anilines is 1. The van der Waals surface area contributed by atoms with Gasteiger partial charge < -0.3 is 20.7 Å². The van der Waals surface area contributed by atoms with E-state index in [1.54, 1.807) is 6.92 Å². The number of nitrogens with one attached hydrogen (secondary N) is 2. The maximum Gasteiger partial charge on any atom is 0.288 e. The van der Waals surface area contributed by atoms with Gasteiger partial charge in [0, 0.05) is 43.0 Å². The highest BCUT2D eigenvalue weighted by Gasteiger charge is 2.30. The molecule has 1 fully saturated rings. The fourth-order valence-corrected chi connectivity index (χ4v) is 5.24. The second-order valence-corrected chi connectivity index (χ2v) is 10.0. The molecule has 200 valence electrons. The first kappa shape index (κ1) is 26.2. The monoisotopic (exact) mass is 524 g/mol. The number of carbonyl (C=O) groups is 1. The molecule has 1 aliphatic heterocycles. The van der Waals surface area contributed by atoms with Crippen LogP contribution in [0.15, 0.2) is 53.5 Å². The lowest BCUT2D eigenvalue weighted by Crippen LogP contribution is -2.32. The molecule has 1 amide bonds. The summed E-state index contributed by atoms with van der Waals surface area (Å²) in [4.78, 5) is 27.5. The van der Waals surface area contributed by atoms with Crippen LogP contribution in [-0.2, 0) is 6.54 Å². The van der Waals surface area contributed by atoms with Crippen molar-refractivity contribution < 1.29 is 9.90 Å². The van der Waals surface area contributed by atoms with Gasteiger partial charge in [-0.05, 0) is 49.9 Å². The van der Waals surface area contributed by atoms with E-state index in [4.69, 9.17) is 5.73 Å². The van der Waals surface area contributed by atoms with Gasteiger partial charge in [0.15, 0.2) is 12.0 Å². The molecule has 5 N–H and O–H groups in total. The van der Waals surface area contributed by atoms with E-state index in [2.05, 4.69) is 27.4 Å². The number of fused-ring (bicyclic) bond motifs is 1. The summed E-state index contributed by atoms with van der Waals surface area (Å²) in [5.41, 5.74) is 11.7.